The molecule has 0 saturated carbocycles. The first-order chi connectivity index (χ1) is 14.7. The minimum Gasteiger partial charge on any atom is -0.451 e. The van der Waals surface area contributed by atoms with Crippen LogP contribution >= 0.6 is 0 Å². The van der Waals surface area contributed by atoms with E-state index >= 15 is 0 Å². The van der Waals surface area contributed by atoms with Crippen molar-refractivity contribution in [3.05, 3.63) is 84.1 Å². The summed E-state index contributed by atoms with van der Waals surface area (Å²) >= 11 is 0. The van der Waals surface area contributed by atoms with Crippen LogP contribution in [-0.4, -0.2) is 20.6 Å². The Labute approximate surface area is 176 Å². The molecule has 1 aromatic heterocycles. The number of carbonyl (C=O) groups is 1. The molecule has 2 N–H and O–H groups in total. The first kappa shape index (κ1) is 20.5. The second kappa shape index (κ2) is 7.84. The van der Waals surface area contributed by atoms with E-state index in [0.717, 1.165) is 18.4 Å². The van der Waals surface area contributed by atoms with E-state index in [2.05, 4.69) is 10.0 Å². The SMILES string of the molecule is CS(=O)(=O)Nc1ccc2oc(C(=O)Nc3cccc(-c4ccc(F)cc4F)c3)cc2c1. The van der Waals surface area contributed by atoms with Crippen molar-refractivity contribution in [1.29, 1.82) is 0 Å². The lowest BCUT2D eigenvalue weighted by Crippen LogP contribution is -2.10. The fraction of sp³-hybridized carbons (Fsp3) is 0.0455. The lowest BCUT2D eigenvalue weighted by Gasteiger charge is -2.07. The van der Waals surface area contributed by atoms with Crippen molar-refractivity contribution in [1.82, 2.24) is 0 Å². The maximum atomic E-state index is 14.1. The van der Waals surface area contributed by atoms with Gasteiger partial charge in [0.15, 0.2) is 5.76 Å². The molecule has 0 spiro atoms. The molecule has 0 unspecified atom stereocenters. The highest BCUT2D eigenvalue weighted by Crippen LogP contribution is 2.27. The zero-order chi connectivity index (χ0) is 22.2. The quantitative estimate of drug-likeness (QED) is 0.455. The molecule has 0 bridgehead atoms. The van der Waals surface area contributed by atoms with Gasteiger partial charge in [-0.3, -0.25) is 9.52 Å². The van der Waals surface area contributed by atoms with E-state index in [0.29, 0.717) is 27.9 Å². The Balaban J connectivity index is 1.57. The van der Waals surface area contributed by atoms with Crippen LogP contribution in [-0.2, 0) is 10.0 Å². The molecule has 0 atom stereocenters. The van der Waals surface area contributed by atoms with E-state index in [9.17, 15) is 22.0 Å². The van der Waals surface area contributed by atoms with Crippen LogP contribution in [0.1, 0.15) is 10.6 Å². The van der Waals surface area contributed by atoms with Crippen LogP contribution in [0.5, 0.6) is 0 Å². The number of anilines is 2. The fourth-order valence-electron chi connectivity index (χ4n) is 3.11. The third-order valence-corrected chi connectivity index (χ3v) is 5.01. The standard InChI is InChI=1S/C22H16F2N2O4S/c1-31(28,29)26-17-6-8-20-14(10-17)11-21(30-20)22(27)25-16-4-2-3-13(9-16)18-7-5-15(23)12-19(18)24/h2-12,26H,1H3,(H,25,27). The number of furan rings is 1. The van der Waals surface area contributed by atoms with Crippen LogP contribution in [0, 0.1) is 11.6 Å². The molecule has 6 nitrogen and oxygen atoms in total. The summed E-state index contributed by atoms with van der Waals surface area (Å²) in [4.78, 5) is 12.6. The van der Waals surface area contributed by atoms with Gasteiger partial charge in [0, 0.05) is 28.4 Å². The van der Waals surface area contributed by atoms with Crippen LogP contribution < -0.4 is 10.0 Å². The Bertz CT molecular complexity index is 1410. The number of nitrogens with one attached hydrogen (secondary N) is 2. The van der Waals surface area contributed by atoms with E-state index in [1.165, 1.54) is 18.2 Å². The molecule has 31 heavy (non-hydrogen) atoms. The smallest absolute Gasteiger partial charge is 0.291 e. The van der Waals surface area contributed by atoms with Crippen LogP contribution in [0.2, 0.25) is 0 Å². The Morgan fingerprint density at radius 1 is 0.935 bits per heavy atom. The summed E-state index contributed by atoms with van der Waals surface area (Å²) in [6.07, 6.45) is 1.04. The van der Waals surface area contributed by atoms with Gasteiger partial charge in [-0.25, -0.2) is 17.2 Å². The summed E-state index contributed by atoms with van der Waals surface area (Å²) in [5, 5.41) is 3.21. The number of sulfonamides is 1. The van der Waals surface area contributed by atoms with Gasteiger partial charge >= 0.3 is 0 Å². The zero-order valence-electron chi connectivity index (χ0n) is 16.1. The molecular formula is C22H16F2N2O4S. The number of amides is 1. The van der Waals surface area contributed by atoms with Gasteiger partial charge in [0.05, 0.1) is 6.26 Å². The van der Waals surface area contributed by atoms with Crippen molar-refractivity contribution >= 4 is 38.3 Å². The van der Waals surface area contributed by atoms with E-state index < -0.39 is 27.6 Å². The van der Waals surface area contributed by atoms with Gasteiger partial charge < -0.3 is 9.73 Å². The van der Waals surface area contributed by atoms with Gasteiger partial charge in [0.2, 0.25) is 10.0 Å². The molecular weight excluding hydrogens is 426 g/mol. The maximum Gasteiger partial charge on any atom is 0.291 e. The number of fused-ring (bicyclic) bond motifs is 1. The number of rotatable bonds is 5. The van der Waals surface area contributed by atoms with Gasteiger partial charge in [0.1, 0.15) is 17.2 Å². The molecule has 1 amide bonds. The van der Waals surface area contributed by atoms with Gasteiger partial charge in [-0.15, -0.1) is 0 Å². The van der Waals surface area contributed by atoms with Crippen molar-refractivity contribution in [3.63, 3.8) is 0 Å². The molecule has 158 valence electrons. The third-order valence-electron chi connectivity index (χ3n) is 4.41. The summed E-state index contributed by atoms with van der Waals surface area (Å²) < 4.78 is 57.9. The highest BCUT2D eigenvalue weighted by Gasteiger charge is 2.15. The molecule has 0 saturated heterocycles. The predicted octanol–water partition coefficient (Wildman–Crippen LogP) is 5.00. The second-order valence-electron chi connectivity index (χ2n) is 6.90. The summed E-state index contributed by atoms with van der Waals surface area (Å²) in [5.74, 6) is -1.90. The summed E-state index contributed by atoms with van der Waals surface area (Å²) in [6, 6.07) is 15.9. The Morgan fingerprint density at radius 3 is 2.48 bits per heavy atom. The molecule has 4 aromatic rings. The third kappa shape index (κ3) is 4.72. The maximum absolute atomic E-state index is 14.1. The first-order valence-electron chi connectivity index (χ1n) is 9.06. The molecule has 0 radical (unpaired) electrons. The molecule has 3 aromatic carbocycles. The predicted molar refractivity (Wildman–Crippen MR) is 114 cm³/mol. The molecule has 0 fully saturated rings. The minimum atomic E-state index is -3.44. The van der Waals surface area contributed by atoms with E-state index in [-0.39, 0.29) is 11.3 Å². The van der Waals surface area contributed by atoms with Crippen molar-refractivity contribution in [3.8, 4) is 11.1 Å². The largest absolute Gasteiger partial charge is 0.451 e. The summed E-state index contributed by atoms with van der Waals surface area (Å²) in [7, 11) is -3.44. The number of benzene rings is 3. The van der Waals surface area contributed by atoms with Crippen LogP contribution in [0.25, 0.3) is 22.1 Å². The Hall–Kier alpha value is -3.72. The second-order valence-corrected chi connectivity index (χ2v) is 8.65. The fourth-order valence-corrected chi connectivity index (χ4v) is 3.67. The monoisotopic (exact) mass is 442 g/mol. The number of hydrogen-bond acceptors (Lipinski definition) is 4. The highest BCUT2D eigenvalue weighted by molar-refractivity contribution is 7.92. The lowest BCUT2D eigenvalue weighted by molar-refractivity contribution is 0.0998. The van der Waals surface area contributed by atoms with Crippen molar-refractivity contribution < 1.29 is 26.4 Å². The lowest BCUT2D eigenvalue weighted by atomic mass is 10.0. The number of carbonyl (C=O) groups excluding carboxylic acids is 1. The van der Waals surface area contributed by atoms with Gasteiger partial charge in [-0.2, -0.15) is 0 Å². The van der Waals surface area contributed by atoms with Crippen LogP contribution in [0.4, 0.5) is 20.2 Å². The molecule has 1 heterocycles. The Kier molecular flexibility index (Phi) is 5.20. The zero-order valence-corrected chi connectivity index (χ0v) is 17.0. The van der Waals surface area contributed by atoms with Crippen molar-refractivity contribution in [2.45, 2.75) is 0 Å². The molecule has 0 aliphatic carbocycles. The van der Waals surface area contributed by atoms with Gasteiger partial charge in [-0.1, -0.05) is 12.1 Å². The number of halogens is 2. The molecule has 0 aliphatic rings. The highest BCUT2D eigenvalue weighted by atomic mass is 32.2. The van der Waals surface area contributed by atoms with E-state index in [1.54, 1.807) is 36.4 Å². The minimum absolute atomic E-state index is 0.0184. The van der Waals surface area contributed by atoms with Crippen molar-refractivity contribution in [2.24, 2.45) is 0 Å². The average molecular weight is 442 g/mol. The van der Waals surface area contributed by atoms with E-state index in [1.807, 2.05) is 0 Å². The topological polar surface area (TPSA) is 88.4 Å². The average Bonchev–Trinajstić information content (AvgIpc) is 3.10. The molecule has 4 rings (SSSR count). The van der Waals surface area contributed by atoms with Gasteiger partial charge in [-0.05, 0) is 54.1 Å². The molecule has 0 aliphatic heterocycles. The van der Waals surface area contributed by atoms with Crippen molar-refractivity contribution in [2.75, 3.05) is 16.3 Å². The normalized spacial score (nSPS) is 11.5. The van der Waals surface area contributed by atoms with Crippen LogP contribution in [0.3, 0.4) is 0 Å². The first-order valence-corrected chi connectivity index (χ1v) is 11.0. The van der Waals surface area contributed by atoms with E-state index in [4.69, 9.17) is 4.42 Å². The Morgan fingerprint density at radius 2 is 1.74 bits per heavy atom. The molecule has 9 heteroatoms. The van der Waals surface area contributed by atoms with Crippen LogP contribution in [0.15, 0.2) is 71.1 Å². The van der Waals surface area contributed by atoms with Gasteiger partial charge in [0.25, 0.3) is 5.91 Å². The summed E-state index contributed by atoms with van der Waals surface area (Å²) in [6.45, 7) is 0. The number of hydrogen-bond donors (Lipinski definition) is 2. The summed E-state index contributed by atoms with van der Waals surface area (Å²) in [5.41, 5.74) is 1.82.